The second kappa shape index (κ2) is 6.12. The number of aromatic hydroxyl groups is 1. The molecule has 2 aromatic rings. The number of carbonyl (C=O) groups is 2. The van der Waals surface area contributed by atoms with Crippen molar-refractivity contribution in [3.63, 3.8) is 0 Å². The second-order valence-corrected chi connectivity index (χ2v) is 4.51. The van der Waals surface area contributed by atoms with E-state index in [9.17, 15) is 14.7 Å². The van der Waals surface area contributed by atoms with Crippen LogP contribution in [0.5, 0.6) is 5.75 Å². The molecule has 0 fully saturated rings. The zero-order valence-electron chi connectivity index (χ0n) is 10.8. The molecule has 1 atom stereocenters. The lowest BCUT2D eigenvalue weighted by Gasteiger charge is -2.10. The number of hydrogen-bond donors (Lipinski definition) is 2. The highest BCUT2D eigenvalue weighted by atomic mass is 16.3. The van der Waals surface area contributed by atoms with Gasteiger partial charge in [0.1, 0.15) is 5.75 Å². The summed E-state index contributed by atoms with van der Waals surface area (Å²) in [7, 11) is 0. The van der Waals surface area contributed by atoms with Gasteiger partial charge in [0.15, 0.2) is 0 Å². The Labute approximate surface area is 116 Å². The van der Waals surface area contributed by atoms with Gasteiger partial charge in [0.2, 0.25) is 11.6 Å². The molecule has 4 heteroatoms. The Morgan fingerprint density at radius 1 is 1.00 bits per heavy atom. The van der Waals surface area contributed by atoms with E-state index in [0.717, 1.165) is 5.56 Å². The van der Waals surface area contributed by atoms with Crippen molar-refractivity contribution in [3.8, 4) is 5.75 Å². The normalized spacial score (nSPS) is 11.8. The molecule has 0 aliphatic heterocycles. The smallest absolute Gasteiger partial charge is 0.233 e. The van der Waals surface area contributed by atoms with Crippen molar-refractivity contribution in [2.24, 2.45) is 5.73 Å². The Hall–Kier alpha value is -2.46. The number of hydrogen-bond acceptors (Lipinski definition) is 4. The predicted molar refractivity (Wildman–Crippen MR) is 75.6 cm³/mol. The molecule has 20 heavy (non-hydrogen) atoms. The molecule has 0 amide bonds. The average Bonchev–Trinajstić information content (AvgIpc) is 2.47. The van der Waals surface area contributed by atoms with E-state index in [0.29, 0.717) is 6.42 Å². The Morgan fingerprint density at radius 2 is 1.60 bits per heavy atom. The molecule has 0 aromatic heterocycles. The minimum absolute atomic E-state index is 0.0130. The van der Waals surface area contributed by atoms with Gasteiger partial charge in [0, 0.05) is 0 Å². The molecular weight excluding hydrogens is 254 g/mol. The minimum atomic E-state index is -0.912. The molecule has 0 saturated heterocycles. The van der Waals surface area contributed by atoms with Gasteiger partial charge in [0.25, 0.3) is 0 Å². The summed E-state index contributed by atoms with van der Waals surface area (Å²) in [4.78, 5) is 24.0. The van der Waals surface area contributed by atoms with E-state index in [1.165, 1.54) is 12.1 Å². The Morgan fingerprint density at radius 3 is 2.25 bits per heavy atom. The Balaban J connectivity index is 2.11. The summed E-state index contributed by atoms with van der Waals surface area (Å²) in [5.74, 6) is -1.67. The molecule has 0 bridgehead atoms. The first-order valence-corrected chi connectivity index (χ1v) is 6.25. The summed E-state index contributed by atoms with van der Waals surface area (Å²) in [6.07, 6.45) is 0.291. The van der Waals surface area contributed by atoms with Crippen LogP contribution < -0.4 is 5.73 Å². The van der Waals surface area contributed by atoms with Gasteiger partial charge in [-0.05, 0) is 24.1 Å². The number of rotatable bonds is 5. The van der Waals surface area contributed by atoms with E-state index in [2.05, 4.69) is 0 Å². The van der Waals surface area contributed by atoms with Crippen molar-refractivity contribution >= 4 is 11.6 Å². The highest BCUT2D eigenvalue weighted by Gasteiger charge is 2.25. The van der Waals surface area contributed by atoms with Crippen LogP contribution in [0.3, 0.4) is 0 Å². The summed E-state index contributed by atoms with van der Waals surface area (Å²) < 4.78 is 0. The number of para-hydroxylation sites is 1. The minimum Gasteiger partial charge on any atom is -0.507 e. The van der Waals surface area contributed by atoms with Gasteiger partial charge in [0.05, 0.1) is 11.6 Å². The largest absolute Gasteiger partial charge is 0.507 e. The fourth-order valence-electron chi connectivity index (χ4n) is 1.93. The van der Waals surface area contributed by atoms with Crippen molar-refractivity contribution in [1.82, 2.24) is 0 Å². The molecule has 0 unspecified atom stereocenters. The van der Waals surface area contributed by atoms with Gasteiger partial charge in [-0.3, -0.25) is 9.59 Å². The van der Waals surface area contributed by atoms with Crippen molar-refractivity contribution in [2.75, 3.05) is 0 Å². The SMILES string of the molecule is N[C@H](Cc1ccccc1)C(=O)C(=O)c1ccccc1O. The van der Waals surface area contributed by atoms with E-state index >= 15 is 0 Å². The van der Waals surface area contributed by atoms with Gasteiger partial charge in [-0.25, -0.2) is 0 Å². The summed E-state index contributed by atoms with van der Waals surface area (Å²) in [5, 5.41) is 9.59. The number of ketones is 2. The maximum absolute atomic E-state index is 12.0. The van der Waals surface area contributed by atoms with E-state index < -0.39 is 17.6 Å². The maximum Gasteiger partial charge on any atom is 0.233 e. The molecule has 0 saturated carbocycles. The van der Waals surface area contributed by atoms with Crippen LogP contribution in [0, 0.1) is 0 Å². The fraction of sp³-hybridized carbons (Fsp3) is 0.125. The van der Waals surface area contributed by atoms with Crippen molar-refractivity contribution in [1.29, 1.82) is 0 Å². The van der Waals surface area contributed by atoms with Gasteiger partial charge >= 0.3 is 0 Å². The number of nitrogens with two attached hydrogens (primary N) is 1. The third-order valence-electron chi connectivity index (χ3n) is 3.01. The van der Waals surface area contributed by atoms with Crippen LogP contribution in [0.25, 0.3) is 0 Å². The number of Topliss-reactive ketones (excluding diaryl/α,β-unsaturated/α-hetero) is 2. The second-order valence-electron chi connectivity index (χ2n) is 4.51. The first-order valence-electron chi connectivity index (χ1n) is 6.25. The van der Waals surface area contributed by atoms with E-state index in [-0.39, 0.29) is 11.3 Å². The first kappa shape index (κ1) is 14.0. The Bertz CT molecular complexity index is 623. The molecule has 2 rings (SSSR count). The maximum atomic E-state index is 12.0. The molecule has 4 nitrogen and oxygen atoms in total. The van der Waals surface area contributed by atoms with Crippen LogP contribution in [0.2, 0.25) is 0 Å². The van der Waals surface area contributed by atoms with Crippen molar-refractivity contribution in [3.05, 3.63) is 65.7 Å². The van der Waals surface area contributed by atoms with Gasteiger partial charge < -0.3 is 10.8 Å². The third-order valence-corrected chi connectivity index (χ3v) is 3.01. The molecule has 0 aliphatic carbocycles. The lowest BCUT2D eigenvalue weighted by molar-refractivity contribution is -0.116. The van der Waals surface area contributed by atoms with E-state index in [1.54, 1.807) is 12.1 Å². The number of carbonyl (C=O) groups excluding carboxylic acids is 2. The topological polar surface area (TPSA) is 80.4 Å². The molecule has 0 heterocycles. The van der Waals surface area contributed by atoms with Crippen LogP contribution in [0.15, 0.2) is 54.6 Å². The number of phenolic OH excluding ortho intramolecular Hbond substituents is 1. The molecule has 0 aliphatic rings. The summed E-state index contributed by atoms with van der Waals surface area (Å²) in [6.45, 7) is 0. The van der Waals surface area contributed by atoms with Crippen LogP contribution >= 0.6 is 0 Å². The standard InChI is InChI=1S/C16H15NO3/c17-13(10-11-6-2-1-3-7-11)16(20)15(19)12-8-4-5-9-14(12)18/h1-9,13,18H,10,17H2/t13-/m1/s1. The molecule has 2 aromatic carbocycles. The fourth-order valence-corrected chi connectivity index (χ4v) is 1.93. The van der Waals surface area contributed by atoms with Crippen molar-refractivity contribution in [2.45, 2.75) is 12.5 Å². The zero-order valence-corrected chi connectivity index (χ0v) is 10.8. The van der Waals surface area contributed by atoms with Crippen LogP contribution in [-0.2, 0) is 11.2 Å². The highest BCUT2D eigenvalue weighted by Crippen LogP contribution is 2.17. The molecular formula is C16H15NO3. The highest BCUT2D eigenvalue weighted by molar-refractivity contribution is 6.45. The molecule has 0 radical (unpaired) electrons. The van der Waals surface area contributed by atoms with Gasteiger partial charge in [-0.15, -0.1) is 0 Å². The van der Waals surface area contributed by atoms with E-state index in [1.807, 2.05) is 30.3 Å². The molecule has 0 spiro atoms. The zero-order chi connectivity index (χ0) is 14.5. The molecule has 102 valence electrons. The van der Waals surface area contributed by atoms with Crippen LogP contribution in [-0.4, -0.2) is 22.7 Å². The number of phenols is 1. The quantitative estimate of drug-likeness (QED) is 0.639. The predicted octanol–water partition coefficient (Wildman–Crippen LogP) is 1.71. The van der Waals surface area contributed by atoms with Gasteiger partial charge in [-0.2, -0.15) is 0 Å². The van der Waals surface area contributed by atoms with E-state index in [4.69, 9.17) is 5.73 Å². The van der Waals surface area contributed by atoms with Crippen LogP contribution in [0.4, 0.5) is 0 Å². The summed E-state index contributed by atoms with van der Waals surface area (Å²) in [6, 6.07) is 14.3. The monoisotopic (exact) mass is 269 g/mol. The first-order chi connectivity index (χ1) is 9.59. The third kappa shape index (κ3) is 3.10. The lowest BCUT2D eigenvalue weighted by atomic mass is 9.97. The van der Waals surface area contributed by atoms with Crippen LogP contribution in [0.1, 0.15) is 15.9 Å². The van der Waals surface area contributed by atoms with Crippen molar-refractivity contribution < 1.29 is 14.7 Å². The Kier molecular flexibility index (Phi) is 4.27. The van der Waals surface area contributed by atoms with Gasteiger partial charge in [-0.1, -0.05) is 42.5 Å². The average molecular weight is 269 g/mol. The lowest BCUT2D eigenvalue weighted by Crippen LogP contribution is -2.37. The number of benzene rings is 2. The molecule has 3 N–H and O–H groups in total. The summed E-state index contributed by atoms with van der Waals surface area (Å²) in [5.41, 5.74) is 6.66. The summed E-state index contributed by atoms with van der Waals surface area (Å²) >= 11 is 0.